The average molecular weight is 404 g/mol. The molecule has 0 radical (unpaired) electrons. The van der Waals surface area contributed by atoms with Crippen molar-refractivity contribution >= 4 is 23.2 Å². The summed E-state index contributed by atoms with van der Waals surface area (Å²) < 4.78 is 13.0. The van der Waals surface area contributed by atoms with E-state index in [2.05, 4.69) is 10.3 Å². The fraction of sp³-hybridized carbons (Fsp3) is 0.476. The van der Waals surface area contributed by atoms with E-state index in [1.165, 1.54) is 23.5 Å². The van der Waals surface area contributed by atoms with Gasteiger partial charge >= 0.3 is 0 Å². The predicted octanol–water partition coefficient (Wildman–Crippen LogP) is 3.70. The lowest BCUT2D eigenvalue weighted by atomic mass is 10.1. The molecule has 2 amide bonds. The minimum atomic E-state index is -0.263. The Morgan fingerprint density at radius 3 is 2.82 bits per heavy atom. The van der Waals surface area contributed by atoms with Crippen LogP contribution in [-0.2, 0) is 11.2 Å². The minimum Gasteiger partial charge on any atom is -0.351 e. The number of hydrogen-bond acceptors (Lipinski definition) is 4. The molecular weight excluding hydrogens is 377 g/mol. The Bertz CT molecular complexity index is 820. The molecule has 0 unspecified atom stereocenters. The van der Waals surface area contributed by atoms with Gasteiger partial charge in [0.05, 0.1) is 10.7 Å². The Labute approximate surface area is 169 Å². The van der Waals surface area contributed by atoms with Gasteiger partial charge in [-0.1, -0.05) is 18.6 Å². The van der Waals surface area contributed by atoms with Crippen molar-refractivity contribution in [3.05, 3.63) is 51.2 Å². The summed E-state index contributed by atoms with van der Waals surface area (Å²) >= 11 is 1.37. The third kappa shape index (κ3) is 5.61. The standard InChI is InChI=1S/C21H26FN3O2S/c1-15-20(28-18(24-15)14-16-7-9-17(22)10-8-16)21(27)23-11-5-13-25-12-4-2-3-6-19(25)26/h7-10H,2-6,11-14H2,1H3,(H,23,27). The average Bonchev–Trinajstić information content (AvgIpc) is 2.91. The summed E-state index contributed by atoms with van der Waals surface area (Å²) in [6.07, 6.45) is 5.13. The highest BCUT2D eigenvalue weighted by Crippen LogP contribution is 2.21. The van der Waals surface area contributed by atoms with E-state index in [0.29, 0.717) is 36.5 Å². The van der Waals surface area contributed by atoms with Crippen LogP contribution in [0.1, 0.15) is 58.0 Å². The quantitative estimate of drug-likeness (QED) is 0.717. The molecule has 1 aliphatic rings. The van der Waals surface area contributed by atoms with Crippen LogP contribution in [-0.4, -0.2) is 41.3 Å². The van der Waals surface area contributed by atoms with Crippen LogP contribution in [0, 0.1) is 12.7 Å². The van der Waals surface area contributed by atoms with E-state index in [-0.39, 0.29) is 17.6 Å². The molecular formula is C21H26FN3O2S. The molecule has 0 aliphatic carbocycles. The smallest absolute Gasteiger partial charge is 0.263 e. The molecule has 0 saturated carbocycles. The molecule has 5 nitrogen and oxygen atoms in total. The number of halogens is 1. The maximum absolute atomic E-state index is 13.0. The SMILES string of the molecule is Cc1nc(Cc2ccc(F)cc2)sc1C(=O)NCCCN1CCCCCC1=O. The molecule has 1 fully saturated rings. The van der Waals surface area contributed by atoms with E-state index < -0.39 is 0 Å². The molecule has 1 saturated heterocycles. The minimum absolute atomic E-state index is 0.123. The Morgan fingerprint density at radius 2 is 2.04 bits per heavy atom. The molecule has 0 atom stereocenters. The number of aromatic nitrogens is 1. The first-order chi connectivity index (χ1) is 13.5. The molecule has 2 heterocycles. The number of nitrogens with zero attached hydrogens (tertiary/aromatic N) is 2. The van der Waals surface area contributed by atoms with Crippen molar-refractivity contribution < 1.29 is 14.0 Å². The Hall–Kier alpha value is -2.28. The zero-order valence-corrected chi connectivity index (χ0v) is 17.0. The number of benzene rings is 1. The lowest BCUT2D eigenvalue weighted by Crippen LogP contribution is -2.33. The van der Waals surface area contributed by atoms with Crippen molar-refractivity contribution in [2.45, 2.75) is 45.4 Å². The summed E-state index contributed by atoms with van der Waals surface area (Å²) in [6.45, 7) is 3.88. The third-order valence-corrected chi connectivity index (χ3v) is 6.03. The summed E-state index contributed by atoms with van der Waals surface area (Å²) in [5, 5.41) is 3.78. The molecule has 0 bridgehead atoms. The predicted molar refractivity (Wildman–Crippen MR) is 108 cm³/mol. The highest BCUT2D eigenvalue weighted by Gasteiger charge is 2.17. The van der Waals surface area contributed by atoms with Crippen LogP contribution in [0.25, 0.3) is 0 Å². The van der Waals surface area contributed by atoms with Crippen molar-refractivity contribution in [3.8, 4) is 0 Å². The highest BCUT2D eigenvalue weighted by atomic mass is 32.1. The molecule has 2 aromatic rings. The molecule has 1 N–H and O–H groups in total. The first-order valence-corrected chi connectivity index (χ1v) is 10.6. The van der Waals surface area contributed by atoms with Gasteiger partial charge in [0, 0.05) is 32.5 Å². The normalized spacial score (nSPS) is 14.8. The molecule has 1 aromatic heterocycles. The molecule has 3 rings (SSSR count). The van der Waals surface area contributed by atoms with Crippen LogP contribution >= 0.6 is 11.3 Å². The van der Waals surface area contributed by atoms with Gasteiger partial charge in [-0.15, -0.1) is 11.3 Å². The van der Waals surface area contributed by atoms with Crippen LogP contribution in [0.15, 0.2) is 24.3 Å². The molecule has 1 aromatic carbocycles. The molecule has 7 heteroatoms. The summed E-state index contributed by atoms with van der Waals surface area (Å²) in [5.41, 5.74) is 1.67. The number of amides is 2. The number of nitrogens with one attached hydrogen (secondary N) is 1. The second-order valence-electron chi connectivity index (χ2n) is 7.13. The highest BCUT2D eigenvalue weighted by molar-refractivity contribution is 7.13. The Morgan fingerprint density at radius 1 is 1.25 bits per heavy atom. The first kappa shape index (κ1) is 20.5. The fourth-order valence-corrected chi connectivity index (χ4v) is 4.36. The summed E-state index contributed by atoms with van der Waals surface area (Å²) in [6, 6.07) is 6.32. The van der Waals surface area contributed by atoms with Crippen molar-refractivity contribution in [3.63, 3.8) is 0 Å². The van der Waals surface area contributed by atoms with E-state index in [1.807, 2.05) is 11.8 Å². The van der Waals surface area contributed by atoms with Gasteiger partial charge in [-0.05, 0) is 43.9 Å². The maximum Gasteiger partial charge on any atom is 0.263 e. The lowest BCUT2D eigenvalue weighted by Gasteiger charge is -2.20. The van der Waals surface area contributed by atoms with Crippen LogP contribution in [0.5, 0.6) is 0 Å². The second kappa shape index (κ2) is 9.78. The van der Waals surface area contributed by atoms with Crippen molar-refractivity contribution in [1.29, 1.82) is 0 Å². The molecule has 0 spiro atoms. The number of aryl methyl sites for hydroxylation is 1. The zero-order valence-electron chi connectivity index (χ0n) is 16.2. The number of rotatable bonds is 7. The van der Waals surface area contributed by atoms with Gasteiger partial charge in [0.15, 0.2) is 0 Å². The number of carbonyl (C=O) groups excluding carboxylic acids is 2. The monoisotopic (exact) mass is 403 g/mol. The van der Waals surface area contributed by atoms with Crippen LogP contribution in [0.3, 0.4) is 0 Å². The summed E-state index contributed by atoms with van der Waals surface area (Å²) in [4.78, 5) is 31.5. The van der Waals surface area contributed by atoms with Gasteiger partial charge in [0.2, 0.25) is 5.91 Å². The van der Waals surface area contributed by atoms with Crippen molar-refractivity contribution in [1.82, 2.24) is 15.2 Å². The van der Waals surface area contributed by atoms with E-state index in [4.69, 9.17) is 0 Å². The van der Waals surface area contributed by atoms with E-state index in [9.17, 15) is 14.0 Å². The molecule has 1 aliphatic heterocycles. The number of carbonyl (C=O) groups is 2. The largest absolute Gasteiger partial charge is 0.351 e. The Balaban J connectivity index is 1.48. The zero-order chi connectivity index (χ0) is 19.9. The first-order valence-electron chi connectivity index (χ1n) is 9.79. The fourth-order valence-electron chi connectivity index (χ4n) is 3.34. The van der Waals surface area contributed by atoms with E-state index in [1.54, 1.807) is 12.1 Å². The van der Waals surface area contributed by atoms with Gasteiger partial charge in [0.1, 0.15) is 10.7 Å². The van der Waals surface area contributed by atoms with Gasteiger partial charge in [0.25, 0.3) is 5.91 Å². The third-order valence-electron chi connectivity index (χ3n) is 4.88. The topological polar surface area (TPSA) is 62.3 Å². The van der Waals surface area contributed by atoms with Crippen molar-refractivity contribution in [2.24, 2.45) is 0 Å². The van der Waals surface area contributed by atoms with Gasteiger partial charge in [-0.2, -0.15) is 0 Å². The maximum atomic E-state index is 13.0. The van der Waals surface area contributed by atoms with Gasteiger partial charge in [-0.25, -0.2) is 9.37 Å². The van der Waals surface area contributed by atoms with E-state index in [0.717, 1.165) is 42.8 Å². The Kier molecular flexibility index (Phi) is 7.14. The van der Waals surface area contributed by atoms with Crippen LogP contribution in [0.4, 0.5) is 4.39 Å². The van der Waals surface area contributed by atoms with Crippen LogP contribution in [0.2, 0.25) is 0 Å². The van der Waals surface area contributed by atoms with E-state index >= 15 is 0 Å². The van der Waals surface area contributed by atoms with Crippen LogP contribution < -0.4 is 5.32 Å². The lowest BCUT2D eigenvalue weighted by molar-refractivity contribution is -0.130. The summed E-state index contributed by atoms with van der Waals surface area (Å²) in [7, 11) is 0. The molecule has 150 valence electrons. The second-order valence-corrected chi connectivity index (χ2v) is 8.21. The van der Waals surface area contributed by atoms with Crippen molar-refractivity contribution in [2.75, 3.05) is 19.6 Å². The van der Waals surface area contributed by atoms with Gasteiger partial charge < -0.3 is 10.2 Å². The number of likely N-dealkylation sites (tertiary alicyclic amines) is 1. The van der Waals surface area contributed by atoms with Gasteiger partial charge in [-0.3, -0.25) is 9.59 Å². The summed E-state index contributed by atoms with van der Waals surface area (Å²) in [5.74, 6) is -0.156. The number of hydrogen-bond donors (Lipinski definition) is 1. The number of thiazole rings is 1. The molecule has 28 heavy (non-hydrogen) atoms.